The van der Waals surface area contributed by atoms with Gasteiger partial charge < -0.3 is 14.5 Å². The highest BCUT2D eigenvalue weighted by Crippen LogP contribution is 2.20. The molecule has 1 aliphatic rings. The molecule has 1 fully saturated rings. The van der Waals surface area contributed by atoms with E-state index >= 15 is 0 Å². The van der Waals surface area contributed by atoms with Crippen LogP contribution in [0.1, 0.15) is 42.6 Å². The van der Waals surface area contributed by atoms with Gasteiger partial charge in [0.1, 0.15) is 17.4 Å². The first-order chi connectivity index (χ1) is 14.3. The van der Waals surface area contributed by atoms with Crippen LogP contribution >= 0.6 is 0 Å². The topological polar surface area (TPSA) is 49.9 Å². The number of piperazine rings is 1. The number of ether oxygens (including phenoxy) is 1. The number of halogens is 2. The highest BCUT2D eigenvalue weighted by Gasteiger charge is 2.29. The lowest BCUT2D eigenvalue weighted by Gasteiger charge is -2.36. The Bertz CT molecular complexity index is 907. The van der Waals surface area contributed by atoms with Crippen LogP contribution in [0.2, 0.25) is 0 Å². The number of carbonyl (C=O) groups excluding carboxylic acids is 2. The number of amides is 2. The van der Waals surface area contributed by atoms with Crippen LogP contribution in [0.25, 0.3) is 0 Å². The van der Waals surface area contributed by atoms with E-state index in [0.717, 1.165) is 12.1 Å². The van der Waals surface area contributed by atoms with Gasteiger partial charge in [-0.3, -0.25) is 9.59 Å². The van der Waals surface area contributed by atoms with Crippen LogP contribution in [-0.2, 0) is 4.79 Å². The maximum absolute atomic E-state index is 13.9. The minimum absolute atomic E-state index is 0.164. The van der Waals surface area contributed by atoms with Crippen molar-refractivity contribution in [3.8, 4) is 5.75 Å². The molecule has 5 nitrogen and oxygen atoms in total. The van der Waals surface area contributed by atoms with Crippen molar-refractivity contribution in [3.63, 3.8) is 0 Å². The Morgan fingerprint density at radius 1 is 0.900 bits per heavy atom. The molecule has 0 aromatic heterocycles. The summed E-state index contributed by atoms with van der Waals surface area (Å²) in [6.45, 7) is 7.12. The fraction of sp³-hybridized carbons (Fsp3) is 0.391. The average molecular weight is 416 g/mol. The molecule has 0 aliphatic carbocycles. The monoisotopic (exact) mass is 416 g/mol. The van der Waals surface area contributed by atoms with Gasteiger partial charge in [-0.25, -0.2) is 8.78 Å². The smallest absolute Gasteiger partial charge is 0.263 e. The van der Waals surface area contributed by atoms with Crippen LogP contribution < -0.4 is 4.74 Å². The van der Waals surface area contributed by atoms with Crippen molar-refractivity contribution >= 4 is 11.8 Å². The van der Waals surface area contributed by atoms with Gasteiger partial charge >= 0.3 is 0 Å². The van der Waals surface area contributed by atoms with Crippen molar-refractivity contribution in [2.75, 3.05) is 26.2 Å². The van der Waals surface area contributed by atoms with E-state index in [1.54, 1.807) is 11.8 Å². The van der Waals surface area contributed by atoms with Gasteiger partial charge in [-0.15, -0.1) is 0 Å². The average Bonchev–Trinajstić information content (AvgIpc) is 2.73. The van der Waals surface area contributed by atoms with Gasteiger partial charge in [-0.05, 0) is 42.7 Å². The van der Waals surface area contributed by atoms with Gasteiger partial charge in [0.25, 0.3) is 11.8 Å². The summed E-state index contributed by atoms with van der Waals surface area (Å²) in [6, 6.07) is 10.6. The zero-order chi connectivity index (χ0) is 21.8. The standard InChI is InChI=1S/C23H26F2N2O3/c1-15(2)17-4-7-19(8-5-17)30-16(3)22(28)26-10-12-27(13-11-26)23(29)20-9-6-18(24)14-21(20)25/h4-9,14-16H,10-13H2,1-3H3. The van der Waals surface area contributed by atoms with Gasteiger partial charge in [0.15, 0.2) is 6.10 Å². The Kier molecular flexibility index (Phi) is 6.70. The lowest BCUT2D eigenvalue weighted by atomic mass is 10.0. The molecular formula is C23H26F2N2O3. The molecule has 2 aromatic carbocycles. The van der Waals surface area contributed by atoms with Gasteiger partial charge in [-0.2, -0.15) is 0 Å². The van der Waals surface area contributed by atoms with E-state index in [0.29, 0.717) is 30.8 Å². The van der Waals surface area contributed by atoms with E-state index in [4.69, 9.17) is 4.74 Å². The normalized spacial score (nSPS) is 15.3. The first-order valence-electron chi connectivity index (χ1n) is 10.1. The van der Waals surface area contributed by atoms with Crippen molar-refractivity contribution in [1.82, 2.24) is 9.80 Å². The Morgan fingerprint density at radius 3 is 2.07 bits per heavy atom. The quantitative estimate of drug-likeness (QED) is 0.744. The van der Waals surface area contributed by atoms with E-state index in [2.05, 4.69) is 13.8 Å². The van der Waals surface area contributed by atoms with E-state index in [1.807, 2.05) is 24.3 Å². The first kappa shape index (κ1) is 21.7. The molecule has 0 radical (unpaired) electrons. The molecular weight excluding hydrogens is 390 g/mol. The number of hydrogen-bond acceptors (Lipinski definition) is 3. The molecule has 2 amide bonds. The number of nitrogens with zero attached hydrogens (tertiary/aromatic N) is 2. The largest absolute Gasteiger partial charge is 0.481 e. The second-order valence-electron chi connectivity index (χ2n) is 7.73. The van der Waals surface area contributed by atoms with Gasteiger partial charge in [-0.1, -0.05) is 26.0 Å². The molecule has 1 saturated heterocycles. The van der Waals surface area contributed by atoms with Crippen LogP contribution in [0.4, 0.5) is 8.78 Å². The third-order valence-corrected chi connectivity index (χ3v) is 5.25. The van der Waals surface area contributed by atoms with Crippen LogP contribution in [0.5, 0.6) is 5.75 Å². The molecule has 0 bridgehead atoms. The summed E-state index contributed by atoms with van der Waals surface area (Å²) < 4.78 is 32.7. The summed E-state index contributed by atoms with van der Waals surface area (Å²) in [5.74, 6) is -1.24. The van der Waals surface area contributed by atoms with Crippen molar-refractivity contribution in [1.29, 1.82) is 0 Å². The van der Waals surface area contributed by atoms with Crippen LogP contribution in [0.15, 0.2) is 42.5 Å². The predicted molar refractivity (Wildman–Crippen MR) is 109 cm³/mol. The third-order valence-electron chi connectivity index (χ3n) is 5.25. The fourth-order valence-corrected chi connectivity index (χ4v) is 3.41. The van der Waals surface area contributed by atoms with E-state index in [9.17, 15) is 18.4 Å². The zero-order valence-electron chi connectivity index (χ0n) is 17.4. The molecule has 30 heavy (non-hydrogen) atoms. The molecule has 160 valence electrons. The first-order valence-corrected chi connectivity index (χ1v) is 10.1. The summed E-state index contributed by atoms with van der Waals surface area (Å²) in [6.07, 6.45) is -0.660. The van der Waals surface area contributed by atoms with Crippen molar-refractivity contribution in [3.05, 3.63) is 65.2 Å². The number of carbonyl (C=O) groups is 2. The minimum atomic E-state index is -0.885. The molecule has 1 atom stereocenters. The Balaban J connectivity index is 1.54. The number of rotatable bonds is 5. The maximum Gasteiger partial charge on any atom is 0.263 e. The van der Waals surface area contributed by atoms with Gasteiger partial charge in [0, 0.05) is 32.2 Å². The Labute approximate surface area is 175 Å². The minimum Gasteiger partial charge on any atom is -0.481 e. The molecule has 2 aromatic rings. The third kappa shape index (κ3) is 4.96. The second kappa shape index (κ2) is 9.24. The molecule has 0 saturated carbocycles. The SMILES string of the molecule is CC(Oc1ccc(C(C)C)cc1)C(=O)N1CCN(C(=O)c2ccc(F)cc2F)CC1. The maximum atomic E-state index is 13.9. The molecule has 1 aliphatic heterocycles. The van der Waals surface area contributed by atoms with Crippen LogP contribution in [-0.4, -0.2) is 53.9 Å². The Hall–Kier alpha value is -2.96. The van der Waals surface area contributed by atoms with Crippen molar-refractivity contribution in [2.45, 2.75) is 32.8 Å². The van der Waals surface area contributed by atoms with Gasteiger partial charge in [0.05, 0.1) is 5.56 Å². The summed E-state index contributed by atoms with van der Waals surface area (Å²) >= 11 is 0. The van der Waals surface area contributed by atoms with E-state index < -0.39 is 23.6 Å². The fourth-order valence-electron chi connectivity index (χ4n) is 3.41. The lowest BCUT2D eigenvalue weighted by Crippen LogP contribution is -2.53. The van der Waals surface area contributed by atoms with Gasteiger partial charge in [0.2, 0.25) is 0 Å². The predicted octanol–water partition coefficient (Wildman–Crippen LogP) is 3.84. The second-order valence-corrected chi connectivity index (χ2v) is 7.73. The molecule has 1 heterocycles. The Morgan fingerprint density at radius 2 is 1.50 bits per heavy atom. The van der Waals surface area contributed by atoms with Crippen molar-refractivity contribution < 1.29 is 23.1 Å². The highest BCUT2D eigenvalue weighted by molar-refractivity contribution is 5.94. The molecule has 1 unspecified atom stereocenters. The van der Waals surface area contributed by atoms with E-state index in [-0.39, 0.29) is 24.6 Å². The molecule has 0 N–H and O–H groups in total. The summed E-state index contributed by atoms with van der Waals surface area (Å²) in [5, 5.41) is 0. The van der Waals surface area contributed by atoms with Crippen molar-refractivity contribution in [2.24, 2.45) is 0 Å². The van der Waals surface area contributed by atoms with E-state index in [1.165, 1.54) is 10.5 Å². The van der Waals surface area contributed by atoms with Crippen LogP contribution in [0, 0.1) is 11.6 Å². The number of benzene rings is 2. The molecule has 3 rings (SSSR count). The van der Waals surface area contributed by atoms with Crippen LogP contribution in [0.3, 0.4) is 0 Å². The summed E-state index contributed by atoms with van der Waals surface area (Å²) in [5.41, 5.74) is 1.03. The molecule has 7 heteroatoms. The molecule has 0 spiro atoms. The summed E-state index contributed by atoms with van der Waals surface area (Å²) in [4.78, 5) is 28.3. The highest BCUT2D eigenvalue weighted by atomic mass is 19.1. The zero-order valence-corrected chi connectivity index (χ0v) is 17.4. The lowest BCUT2D eigenvalue weighted by molar-refractivity contribution is -0.139. The number of hydrogen-bond donors (Lipinski definition) is 0. The summed E-state index contributed by atoms with van der Waals surface area (Å²) in [7, 11) is 0.